The zero-order valence-corrected chi connectivity index (χ0v) is 11.7. The van der Waals surface area contributed by atoms with Gasteiger partial charge in [-0.25, -0.2) is 0 Å². The molecule has 21 heavy (non-hydrogen) atoms. The minimum Gasteiger partial charge on any atom is -0.341 e. The van der Waals surface area contributed by atoms with Crippen LogP contribution in [0.5, 0.6) is 0 Å². The van der Waals surface area contributed by atoms with E-state index in [1.54, 1.807) is 4.90 Å². The summed E-state index contributed by atoms with van der Waals surface area (Å²) in [6, 6.07) is 1.86. The molecule has 0 N–H and O–H groups in total. The Balaban J connectivity index is 2.16. The van der Waals surface area contributed by atoms with E-state index in [0.717, 1.165) is 29.5 Å². The van der Waals surface area contributed by atoms with Crippen molar-refractivity contribution in [3.63, 3.8) is 0 Å². The van der Waals surface area contributed by atoms with Crippen LogP contribution in [-0.2, 0) is 17.5 Å². The fourth-order valence-electron chi connectivity index (χ4n) is 2.54. The van der Waals surface area contributed by atoms with Crippen LogP contribution in [0.15, 0.2) is 23.1 Å². The molecule has 2 heterocycles. The molecule has 1 aromatic rings. The lowest BCUT2D eigenvalue weighted by molar-refractivity contribution is -0.140. The highest BCUT2D eigenvalue weighted by Gasteiger charge is 2.34. The van der Waals surface area contributed by atoms with Crippen LogP contribution < -0.4 is 5.56 Å². The zero-order valence-electron chi connectivity index (χ0n) is 11.7. The van der Waals surface area contributed by atoms with Crippen molar-refractivity contribution in [3.8, 4) is 0 Å². The lowest BCUT2D eigenvalue weighted by atomic mass is 10.0. The fourth-order valence-corrected chi connectivity index (χ4v) is 2.54. The lowest BCUT2D eigenvalue weighted by Crippen LogP contribution is -2.42. The molecule has 1 fully saturated rings. The average molecular weight is 302 g/mol. The van der Waals surface area contributed by atoms with Crippen LogP contribution in [0.4, 0.5) is 13.2 Å². The molecular weight excluding hydrogens is 285 g/mol. The highest BCUT2D eigenvalue weighted by atomic mass is 19.4. The van der Waals surface area contributed by atoms with Gasteiger partial charge in [-0.1, -0.05) is 6.92 Å². The number of aromatic nitrogens is 1. The Hall–Kier alpha value is -1.79. The SMILES string of the molecule is CC1CCCN(C(=O)Cn2cccc(C(F)(F)F)c2=O)C1. The summed E-state index contributed by atoms with van der Waals surface area (Å²) in [4.78, 5) is 25.5. The number of pyridine rings is 1. The Morgan fingerprint density at radius 1 is 1.43 bits per heavy atom. The van der Waals surface area contributed by atoms with Gasteiger partial charge in [-0.2, -0.15) is 13.2 Å². The fraction of sp³-hybridized carbons (Fsp3) is 0.571. The van der Waals surface area contributed by atoms with Gasteiger partial charge in [-0.3, -0.25) is 9.59 Å². The van der Waals surface area contributed by atoms with Crippen LogP contribution in [0, 0.1) is 5.92 Å². The van der Waals surface area contributed by atoms with E-state index in [1.165, 1.54) is 6.20 Å². The maximum absolute atomic E-state index is 12.7. The first-order valence-electron chi connectivity index (χ1n) is 6.83. The summed E-state index contributed by atoms with van der Waals surface area (Å²) in [5.41, 5.74) is -2.42. The molecule has 0 spiro atoms. The number of amides is 1. The minimum absolute atomic E-state index is 0.317. The van der Waals surface area contributed by atoms with E-state index < -0.39 is 17.3 Å². The van der Waals surface area contributed by atoms with Gasteiger partial charge in [0.2, 0.25) is 5.91 Å². The number of piperidine rings is 1. The molecule has 2 rings (SSSR count). The van der Waals surface area contributed by atoms with Gasteiger partial charge in [0.25, 0.3) is 5.56 Å². The van der Waals surface area contributed by atoms with Crippen LogP contribution in [0.25, 0.3) is 0 Å². The van der Waals surface area contributed by atoms with Gasteiger partial charge in [0.15, 0.2) is 0 Å². The molecule has 1 aliphatic heterocycles. The van der Waals surface area contributed by atoms with Gasteiger partial charge in [0.1, 0.15) is 12.1 Å². The summed E-state index contributed by atoms with van der Waals surface area (Å²) >= 11 is 0. The predicted octanol–water partition coefficient (Wildman–Crippen LogP) is 2.13. The van der Waals surface area contributed by atoms with Gasteiger partial charge in [-0.05, 0) is 30.9 Å². The highest BCUT2D eigenvalue weighted by molar-refractivity contribution is 5.76. The summed E-state index contributed by atoms with van der Waals surface area (Å²) in [5.74, 6) is 0.0592. The molecule has 1 aliphatic rings. The van der Waals surface area contributed by atoms with Crippen molar-refractivity contribution in [3.05, 3.63) is 34.2 Å². The van der Waals surface area contributed by atoms with E-state index in [2.05, 4.69) is 0 Å². The molecule has 116 valence electrons. The molecule has 1 amide bonds. The van der Waals surface area contributed by atoms with Crippen molar-refractivity contribution in [1.82, 2.24) is 9.47 Å². The van der Waals surface area contributed by atoms with Crippen molar-refractivity contribution in [2.45, 2.75) is 32.5 Å². The summed E-state index contributed by atoms with van der Waals surface area (Å²) in [6.07, 6.45) is -1.58. The second-order valence-corrected chi connectivity index (χ2v) is 5.44. The topological polar surface area (TPSA) is 42.3 Å². The van der Waals surface area contributed by atoms with Crippen LogP contribution in [0.2, 0.25) is 0 Å². The van der Waals surface area contributed by atoms with Gasteiger partial charge < -0.3 is 9.47 Å². The van der Waals surface area contributed by atoms with E-state index in [-0.39, 0.29) is 12.5 Å². The number of hydrogen-bond donors (Lipinski definition) is 0. The number of hydrogen-bond acceptors (Lipinski definition) is 2. The Bertz CT molecular complexity index is 580. The van der Waals surface area contributed by atoms with Crippen molar-refractivity contribution in [2.24, 2.45) is 5.92 Å². The molecule has 0 radical (unpaired) electrons. The third-order valence-corrected chi connectivity index (χ3v) is 3.64. The molecule has 0 saturated carbocycles. The molecule has 1 atom stereocenters. The number of carbonyl (C=O) groups is 1. The first kappa shape index (κ1) is 15.6. The zero-order chi connectivity index (χ0) is 15.6. The number of nitrogens with zero attached hydrogens (tertiary/aromatic N) is 2. The Kier molecular flexibility index (Phi) is 4.39. The summed E-state index contributed by atoms with van der Waals surface area (Å²) < 4.78 is 38.8. The van der Waals surface area contributed by atoms with Gasteiger partial charge in [-0.15, -0.1) is 0 Å². The molecule has 1 unspecified atom stereocenters. The van der Waals surface area contributed by atoms with Crippen molar-refractivity contribution in [2.75, 3.05) is 13.1 Å². The molecule has 1 aromatic heterocycles. The molecule has 7 heteroatoms. The minimum atomic E-state index is -4.71. The Morgan fingerprint density at radius 3 is 2.76 bits per heavy atom. The summed E-state index contributed by atoms with van der Waals surface area (Å²) in [5, 5.41) is 0. The number of halogens is 3. The van der Waals surface area contributed by atoms with Crippen molar-refractivity contribution in [1.29, 1.82) is 0 Å². The largest absolute Gasteiger partial charge is 0.421 e. The van der Waals surface area contributed by atoms with Crippen molar-refractivity contribution < 1.29 is 18.0 Å². The van der Waals surface area contributed by atoms with E-state index in [1.807, 2.05) is 6.92 Å². The summed E-state index contributed by atoms with van der Waals surface area (Å²) in [6.45, 7) is 2.86. The lowest BCUT2D eigenvalue weighted by Gasteiger charge is -2.31. The number of likely N-dealkylation sites (tertiary alicyclic amines) is 1. The van der Waals surface area contributed by atoms with E-state index >= 15 is 0 Å². The quantitative estimate of drug-likeness (QED) is 0.840. The molecule has 0 aromatic carbocycles. The van der Waals surface area contributed by atoms with E-state index in [9.17, 15) is 22.8 Å². The summed E-state index contributed by atoms with van der Waals surface area (Å²) in [7, 11) is 0. The normalized spacial score (nSPS) is 19.6. The number of alkyl halides is 3. The first-order valence-corrected chi connectivity index (χ1v) is 6.83. The smallest absolute Gasteiger partial charge is 0.341 e. The molecule has 1 saturated heterocycles. The second kappa shape index (κ2) is 5.91. The van der Waals surface area contributed by atoms with Crippen LogP contribution in [0.1, 0.15) is 25.3 Å². The monoisotopic (exact) mass is 302 g/mol. The third-order valence-electron chi connectivity index (χ3n) is 3.64. The Labute approximate surface area is 120 Å². The van der Waals surface area contributed by atoms with Gasteiger partial charge >= 0.3 is 6.18 Å². The first-order chi connectivity index (χ1) is 9.79. The maximum Gasteiger partial charge on any atom is 0.421 e. The Morgan fingerprint density at radius 2 is 2.14 bits per heavy atom. The second-order valence-electron chi connectivity index (χ2n) is 5.44. The van der Waals surface area contributed by atoms with Crippen LogP contribution >= 0.6 is 0 Å². The van der Waals surface area contributed by atoms with Crippen LogP contribution in [0.3, 0.4) is 0 Å². The molecular formula is C14H17F3N2O2. The van der Waals surface area contributed by atoms with Gasteiger partial charge in [0, 0.05) is 19.3 Å². The van der Waals surface area contributed by atoms with Crippen LogP contribution in [-0.4, -0.2) is 28.5 Å². The molecule has 0 bridgehead atoms. The third kappa shape index (κ3) is 3.65. The molecule has 0 aliphatic carbocycles. The van der Waals surface area contributed by atoms with Gasteiger partial charge in [0.05, 0.1) is 0 Å². The number of rotatable bonds is 2. The standard InChI is InChI=1S/C14H17F3N2O2/c1-10-4-2-6-18(8-10)12(20)9-19-7-3-5-11(13(19)21)14(15,16)17/h3,5,7,10H,2,4,6,8-9H2,1H3. The van der Waals surface area contributed by atoms with E-state index in [0.29, 0.717) is 19.0 Å². The molecule has 4 nitrogen and oxygen atoms in total. The maximum atomic E-state index is 12.7. The number of carbonyl (C=O) groups excluding carboxylic acids is 1. The predicted molar refractivity (Wildman–Crippen MR) is 70.7 cm³/mol. The highest BCUT2D eigenvalue weighted by Crippen LogP contribution is 2.26. The van der Waals surface area contributed by atoms with E-state index in [4.69, 9.17) is 0 Å². The average Bonchev–Trinajstić information content (AvgIpc) is 2.39. The van der Waals surface area contributed by atoms with Crippen molar-refractivity contribution >= 4 is 5.91 Å².